The maximum absolute atomic E-state index is 10.8. The lowest BCUT2D eigenvalue weighted by Gasteiger charge is -2.11. The van der Waals surface area contributed by atoms with Gasteiger partial charge in [0.15, 0.2) is 5.69 Å². The molecule has 0 amide bonds. The molecule has 0 aliphatic rings. The summed E-state index contributed by atoms with van der Waals surface area (Å²) in [5.74, 6) is -0.411. The summed E-state index contributed by atoms with van der Waals surface area (Å²) in [6.45, 7) is 5.02. The van der Waals surface area contributed by atoms with Crippen molar-refractivity contribution in [3.8, 4) is 0 Å². The Morgan fingerprint density at radius 1 is 1.59 bits per heavy atom. The Labute approximate surface area is 100 Å². The highest BCUT2D eigenvalue weighted by Gasteiger charge is 2.09. The molecule has 0 radical (unpaired) electrons. The summed E-state index contributed by atoms with van der Waals surface area (Å²) in [6, 6.07) is 1.44. The second kappa shape index (κ2) is 6.15. The van der Waals surface area contributed by atoms with Gasteiger partial charge in [0.25, 0.3) is 0 Å². The lowest BCUT2D eigenvalue weighted by molar-refractivity contribution is 0.0690. The van der Waals surface area contributed by atoms with Gasteiger partial charge < -0.3 is 15.2 Å². The highest BCUT2D eigenvalue weighted by molar-refractivity contribution is 5.85. The molecule has 0 bridgehead atoms. The number of hydrogen-bond acceptors (Lipinski definition) is 5. The molecule has 1 atom stereocenters. The summed E-state index contributed by atoms with van der Waals surface area (Å²) in [4.78, 5) is 18.8. The zero-order valence-corrected chi connectivity index (χ0v) is 10.2. The first-order valence-electron chi connectivity index (χ1n) is 5.34. The quantitative estimate of drug-likeness (QED) is 0.775. The Morgan fingerprint density at radius 2 is 2.29 bits per heavy atom. The number of aryl methyl sites for hydroxylation is 1. The van der Waals surface area contributed by atoms with Crippen LogP contribution in [0.15, 0.2) is 6.07 Å². The van der Waals surface area contributed by atoms with E-state index < -0.39 is 5.97 Å². The maximum Gasteiger partial charge on any atom is 0.354 e. The van der Waals surface area contributed by atoms with E-state index in [0.717, 1.165) is 0 Å². The van der Waals surface area contributed by atoms with Crippen molar-refractivity contribution < 1.29 is 14.6 Å². The molecule has 0 saturated carbocycles. The van der Waals surface area contributed by atoms with Gasteiger partial charge in [-0.15, -0.1) is 0 Å². The summed E-state index contributed by atoms with van der Waals surface area (Å²) in [5, 5.41) is 11.9. The number of carboxylic acids is 1. The minimum absolute atomic E-state index is 0.000561. The number of aromatic carboxylic acids is 1. The van der Waals surface area contributed by atoms with Crippen LogP contribution in [0, 0.1) is 12.8 Å². The van der Waals surface area contributed by atoms with E-state index in [0.29, 0.717) is 30.7 Å². The normalized spacial score (nSPS) is 12.2. The van der Waals surface area contributed by atoms with Crippen LogP contribution >= 0.6 is 0 Å². The number of nitrogens with one attached hydrogen (secondary N) is 1. The number of aromatic nitrogens is 2. The molecule has 94 valence electrons. The van der Waals surface area contributed by atoms with Crippen LogP contribution in [0.4, 0.5) is 5.95 Å². The third-order valence-electron chi connectivity index (χ3n) is 2.13. The molecule has 0 aliphatic heterocycles. The molecule has 6 nitrogen and oxygen atoms in total. The molecule has 0 spiro atoms. The van der Waals surface area contributed by atoms with Crippen molar-refractivity contribution in [3.05, 3.63) is 17.5 Å². The molecule has 2 N–H and O–H groups in total. The highest BCUT2D eigenvalue weighted by Crippen LogP contribution is 2.06. The molecule has 1 unspecified atom stereocenters. The van der Waals surface area contributed by atoms with Gasteiger partial charge >= 0.3 is 5.97 Å². The Bertz CT molecular complexity index is 396. The van der Waals surface area contributed by atoms with Crippen LogP contribution in [0.2, 0.25) is 0 Å². The van der Waals surface area contributed by atoms with E-state index in [2.05, 4.69) is 15.3 Å². The molecule has 0 aliphatic carbocycles. The van der Waals surface area contributed by atoms with Gasteiger partial charge in [0.2, 0.25) is 5.95 Å². The van der Waals surface area contributed by atoms with Crippen LogP contribution in [0.5, 0.6) is 0 Å². The smallest absolute Gasteiger partial charge is 0.354 e. The zero-order chi connectivity index (χ0) is 12.8. The minimum atomic E-state index is -1.05. The predicted molar refractivity (Wildman–Crippen MR) is 63.3 cm³/mol. The van der Waals surface area contributed by atoms with Gasteiger partial charge in [0.05, 0.1) is 6.61 Å². The van der Waals surface area contributed by atoms with Crippen LogP contribution in [-0.4, -0.2) is 41.3 Å². The summed E-state index contributed by atoms with van der Waals surface area (Å²) in [5.41, 5.74) is 0.624. The number of hydrogen-bond donors (Lipinski definition) is 2. The van der Waals surface area contributed by atoms with Gasteiger partial charge in [-0.2, -0.15) is 0 Å². The van der Waals surface area contributed by atoms with Crippen molar-refractivity contribution in [3.63, 3.8) is 0 Å². The maximum atomic E-state index is 10.8. The number of ether oxygens (including phenoxy) is 1. The Balaban J connectivity index is 2.68. The monoisotopic (exact) mass is 239 g/mol. The third kappa shape index (κ3) is 4.36. The number of methoxy groups -OCH3 is 1. The predicted octanol–water partition coefficient (Wildman–Crippen LogP) is 1.18. The SMILES string of the molecule is COCC(C)CNc1nc(C)cc(C(=O)O)n1. The largest absolute Gasteiger partial charge is 0.477 e. The van der Waals surface area contributed by atoms with Crippen molar-refractivity contribution in [2.24, 2.45) is 5.92 Å². The van der Waals surface area contributed by atoms with Gasteiger partial charge in [-0.1, -0.05) is 6.92 Å². The lowest BCUT2D eigenvalue weighted by Crippen LogP contribution is -2.18. The van der Waals surface area contributed by atoms with Gasteiger partial charge in [0, 0.05) is 19.3 Å². The van der Waals surface area contributed by atoms with Crippen molar-refractivity contribution in [2.75, 3.05) is 25.6 Å². The molecule has 0 aromatic carbocycles. The summed E-state index contributed by atoms with van der Waals surface area (Å²) < 4.78 is 5.00. The van der Waals surface area contributed by atoms with Crippen molar-refractivity contribution in [1.82, 2.24) is 9.97 Å². The van der Waals surface area contributed by atoms with Crippen molar-refractivity contribution in [1.29, 1.82) is 0 Å². The fourth-order valence-electron chi connectivity index (χ4n) is 1.37. The fourth-order valence-corrected chi connectivity index (χ4v) is 1.37. The van der Waals surface area contributed by atoms with E-state index in [1.165, 1.54) is 6.07 Å². The first-order valence-corrected chi connectivity index (χ1v) is 5.34. The molecular weight excluding hydrogens is 222 g/mol. The Morgan fingerprint density at radius 3 is 2.88 bits per heavy atom. The standard InChI is InChI=1S/C11H17N3O3/c1-7(6-17-3)5-12-11-13-8(2)4-9(14-11)10(15)16/h4,7H,5-6H2,1-3H3,(H,15,16)(H,12,13,14). The van der Waals surface area contributed by atoms with E-state index in [9.17, 15) is 4.79 Å². The van der Waals surface area contributed by atoms with Gasteiger partial charge in [-0.3, -0.25) is 0 Å². The molecular formula is C11H17N3O3. The van der Waals surface area contributed by atoms with Crippen LogP contribution in [0.1, 0.15) is 23.1 Å². The Kier molecular flexibility index (Phi) is 4.84. The highest BCUT2D eigenvalue weighted by atomic mass is 16.5. The van der Waals surface area contributed by atoms with E-state index >= 15 is 0 Å². The summed E-state index contributed by atoms with van der Waals surface area (Å²) in [6.07, 6.45) is 0. The average Bonchev–Trinajstić information content (AvgIpc) is 2.26. The number of anilines is 1. The van der Waals surface area contributed by atoms with Crippen molar-refractivity contribution in [2.45, 2.75) is 13.8 Å². The second-order valence-electron chi connectivity index (χ2n) is 3.96. The fraction of sp³-hybridized carbons (Fsp3) is 0.545. The van der Waals surface area contributed by atoms with E-state index in [-0.39, 0.29) is 5.69 Å². The number of carbonyl (C=O) groups is 1. The minimum Gasteiger partial charge on any atom is -0.477 e. The van der Waals surface area contributed by atoms with E-state index in [1.54, 1.807) is 14.0 Å². The van der Waals surface area contributed by atoms with Gasteiger partial charge in [-0.05, 0) is 18.9 Å². The van der Waals surface area contributed by atoms with Gasteiger partial charge in [0.1, 0.15) is 0 Å². The average molecular weight is 239 g/mol. The molecule has 1 rings (SSSR count). The molecule has 0 fully saturated rings. The molecule has 17 heavy (non-hydrogen) atoms. The first-order chi connectivity index (χ1) is 8.02. The van der Waals surface area contributed by atoms with E-state index in [1.807, 2.05) is 6.92 Å². The molecule has 1 aromatic heterocycles. The second-order valence-corrected chi connectivity index (χ2v) is 3.96. The molecule has 1 heterocycles. The van der Waals surface area contributed by atoms with Crippen molar-refractivity contribution >= 4 is 11.9 Å². The first kappa shape index (κ1) is 13.4. The summed E-state index contributed by atoms with van der Waals surface area (Å²) in [7, 11) is 1.64. The van der Waals surface area contributed by atoms with Crippen LogP contribution in [0.3, 0.4) is 0 Å². The summed E-state index contributed by atoms with van der Waals surface area (Å²) >= 11 is 0. The van der Waals surface area contributed by atoms with E-state index in [4.69, 9.17) is 9.84 Å². The van der Waals surface area contributed by atoms with Crippen LogP contribution < -0.4 is 5.32 Å². The zero-order valence-electron chi connectivity index (χ0n) is 10.2. The topological polar surface area (TPSA) is 84.3 Å². The van der Waals surface area contributed by atoms with Crippen LogP contribution in [0.25, 0.3) is 0 Å². The molecule has 1 aromatic rings. The number of rotatable bonds is 6. The van der Waals surface area contributed by atoms with Gasteiger partial charge in [-0.25, -0.2) is 14.8 Å². The number of nitrogens with zero attached hydrogens (tertiary/aromatic N) is 2. The Hall–Kier alpha value is -1.69. The number of carboxylic acid groups (broad SMARTS) is 1. The molecule has 0 saturated heterocycles. The third-order valence-corrected chi connectivity index (χ3v) is 2.13. The van der Waals surface area contributed by atoms with Crippen LogP contribution in [-0.2, 0) is 4.74 Å². The molecule has 6 heteroatoms. The lowest BCUT2D eigenvalue weighted by atomic mass is 10.2.